The highest BCUT2D eigenvalue weighted by molar-refractivity contribution is 5.80. The number of aliphatic hydroxyl groups is 2. The Labute approximate surface area is 165 Å². The molecule has 4 rings (SSSR count). The van der Waals surface area contributed by atoms with Crippen molar-refractivity contribution in [3.05, 3.63) is 22.5 Å². The van der Waals surface area contributed by atoms with Gasteiger partial charge in [-0.3, -0.25) is 4.79 Å². The fourth-order valence-corrected chi connectivity index (χ4v) is 5.72. The molecule has 1 saturated carbocycles. The van der Waals surface area contributed by atoms with Crippen LogP contribution in [-0.4, -0.2) is 47.9 Å². The largest absolute Gasteiger partial charge is 0.494 e. The van der Waals surface area contributed by atoms with Crippen LogP contribution < -0.4 is 0 Å². The normalized spacial score (nSPS) is 36.1. The molecule has 5 unspecified atom stereocenters. The number of ether oxygens (including phenoxy) is 2. The Morgan fingerprint density at radius 1 is 1.07 bits per heavy atom. The number of methoxy groups -OCH3 is 1. The van der Waals surface area contributed by atoms with Gasteiger partial charge < -0.3 is 24.5 Å². The van der Waals surface area contributed by atoms with Crippen molar-refractivity contribution in [3.63, 3.8) is 0 Å². The van der Waals surface area contributed by atoms with Gasteiger partial charge in [0.15, 0.2) is 6.29 Å². The highest BCUT2D eigenvalue weighted by Gasteiger charge is 2.47. The van der Waals surface area contributed by atoms with Crippen LogP contribution in [-0.2, 0) is 19.1 Å². The van der Waals surface area contributed by atoms with Crippen LogP contribution in [0.5, 0.6) is 0 Å². The topological polar surface area (TPSA) is 93.1 Å². The molecule has 0 amide bonds. The summed E-state index contributed by atoms with van der Waals surface area (Å²) in [5, 5.41) is 20.1. The number of allylic oxidation sites excluding steroid dienone is 2. The summed E-state index contributed by atoms with van der Waals surface area (Å²) in [4.78, 5) is 23.4. The molecule has 0 aromatic rings. The Morgan fingerprint density at radius 3 is 2.57 bits per heavy atom. The first-order valence-corrected chi connectivity index (χ1v) is 10.5. The number of aliphatic hydroxyl groups excluding tert-OH is 1. The van der Waals surface area contributed by atoms with E-state index in [1.807, 2.05) is 0 Å². The van der Waals surface area contributed by atoms with Crippen molar-refractivity contribution in [1.29, 1.82) is 0 Å². The summed E-state index contributed by atoms with van der Waals surface area (Å²) in [6, 6.07) is 0. The minimum absolute atomic E-state index is 0.0871. The minimum Gasteiger partial charge on any atom is -0.494 e. The number of Topliss-reactive ketones (excluding diaryl/α,β-unsaturated/α-hetero) is 1. The van der Waals surface area contributed by atoms with Crippen LogP contribution in [0.25, 0.3) is 0 Å². The number of hydrogen-bond donors (Lipinski definition) is 2. The molecule has 154 valence electrons. The van der Waals surface area contributed by atoms with Crippen LogP contribution in [0.1, 0.15) is 57.8 Å². The van der Waals surface area contributed by atoms with E-state index in [0.29, 0.717) is 37.7 Å². The van der Waals surface area contributed by atoms with Gasteiger partial charge in [-0.2, -0.15) is 0 Å². The molecule has 0 bridgehead atoms. The van der Waals surface area contributed by atoms with Gasteiger partial charge in [0.2, 0.25) is 0 Å². The van der Waals surface area contributed by atoms with Gasteiger partial charge in [0.05, 0.1) is 11.9 Å². The molecule has 2 N–H and O–H groups in total. The quantitative estimate of drug-likeness (QED) is 0.435. The number of aldehydes is 1. The zero-order chi connectivity index (χ0) is 19.8. The molecule has 0 radical (unpaired) electrons. The van der Waals surface area contributed by atoms with E-state index in [1.165, 1.54) is 5.57 Å². The van der Waals surface area contributed by atoms with E-state index in [2.05, 4.69) is 0 Å². The lowest BCUT2D eigenvalue weighted by Crippen LogP contribution is -2.44. The monoisotopic (exact) mass is 390 g/mol. The molecule has 6 heteroatoms. The van der Waals surface area contributed by atoms with E-state index in [-0.39, 0.29) is 35.7 Å². The first kappa shape index (κ1) is 19.8. The predicted octanol–water partition coefficient (Wildman–Crippen LogP) is 2.43. The summed E-state index contributed by atoms with van der Waals surface area (Å²) in [7, 11) is 1.72. The van der Waals surface area contributed by atoms with Gasteiger partial charge in [-0.05, 0) is 49.7 Å². The van der Waals surface area contributed by atoms with Gasteiger partial charge in [-0.25, -0.2) is 0 Å². The molecule has 0 spiro atoms. The molecule has 0 saturated heterocycles. The van der Waals surface area contributed by atoms with E-state index in [0.717, 1.165) is 43.3 Å². The van der Waals surface area contributed by atoms with Crippen LogP contribution in [0, 0.1) is 17.8 Å². The summed E-state index contributed by atoms with van der Waals surface area (Å²) < 4.78 is 11.9. The van der Waals surface area contributed by atoms with E-state index >= 15 is 0 Å². The highest BCUT2D eigenvalue weighted by Crippen LogP contribution is 2.51. The number of ketones is 1. The summed E-state index contributed by atoms with van der Waals surface area (Å²) in [6.07, 6.45) is 5.48. The molecule has 6 nitrogen and oxygen atoms in total. The van der Waals surface area contributed by atoms with Crippen molar-refractivity contribution in [2.24, 2.45) is 17.8 Å². The first-order valence-electron chi connectivity index (χ1n) is 10.5. The number of fused-ring (bicyclic) bond motifs is 1. The zero-order valence-electron chi connectivity index (χ0n) is 16.4. The Balaban J connectivity index is 1.77. The third-order valence-electron chi connectivity index (χ3n) is 7.16. The standard InChI is InChI=1S/C22H30O6/c1-27-14-4-7-17-20(10-14)28-19-9-13(24)3-6-16(19)21(17)15-5-2-12(11-23)8-18(15)22(25)26/h11-12,14,16,19,21-22,25-26H,2-10H2,1H3. The van der Waals surface area contributed by atoms with Crippen molar-refractivity contribution >= 4 is 12.1 Å². The lowest BCUT2D eigenvalue weighted by Gasteiger charge is -2.47. The van der Waals surface area contributed by atoms with Crippen LogP contribution in [0.3, 0.4) is 0 Å². The summed E-state index contributed by atoms with van der Waals surface area (Å²) in [6.45, 7) is 0. The molecule has 3 aliphatic carbocycles. The first-order chi connectivity index (χ1) is 13.5. The summed E-state index contributed by atoms with van der Waals surface area (Å²) >= 11 is 0. The summed E-state index contributed by atoms with van der Waals surface area (Å²) in [5.74, 6) is 1.30. The molecule has 0 aromatic carbocycles. The number of carbonyl (C=O) groups excluding carboxylic acids is 2. The second-order valence-electron chi connectivity index (χ2n) is 8.69. The number of rotatable bonds is 4. The van der Waals surface area contributed by atoms with Crippen molar-refractivity contribution in [2.45, 2.75) is 76.3 Å². The molecule has 1 aliphatic heterocycles. The fraction of sp³-hybridized carbons (Fsp3) is 0.727. The lowest BCUT2D eigenvalue weighted by atomic mass is 9.64. The second-order valence-corrected chi connectivity index (χ2v) is 8.69. The average molecular weight is 390 g/mol. The molecule has 1 heterocycles. The van der Waals surface area contributed by atoms with Gasteiger partial charge in [-0.1, -0.05) is 5.57 Å². The van der Waals surface area contributed by atoms with E-state index < -0.39 is 6.29 Å². The highest BCUT2D eigenvalue weighted by atomic mass is 16.5. The van der Waals surface area contributed by atoms with Crippen molar-refractivity contribution in [3.8, 4) is 0 Å². The minimum atomic E-state index is -1.54. The van der Waals surface area contributed by atoms with Crippen LogP contribution in [0.4, 0.5) is 0 Å². The maximum absolute atomic E-state index is 12.1. The van der Waals surface area contributed by atoms with E-state index in [1.54, 1.807) is 7.11 Å². The van der Waals surface area contributed by atoms with E-state index in [9.17, 15) is 19.8 Å². The number of carbonyl (C=O) groups is 2. The molecular formula is C22H30O6. The third-order valence-corrected chi connectivity index (χ3v) is 7.16. The molecule has 28 heavy (non-hydrogen) atoms. The Morgan fingerprint density at radius 2 is 1.86 bits per heavy atom. The van der Waals surface area contributed by atoms with Crippen LogP contribution >= 0.6 is 0 Å². The maximum atomic E-state index is 12.1. The van der Waals surface area contributed by atoms with Gasteiger partial charge in [0.1, 0.15) is 18.2 Å². The lowest BCUT2D eigenvalue weighted by molar-refractivity contribution is -0.128. The average Bonchev–Trinajstić information content (AvgIpc) is 2.71. The van der Waals surface area contributed by atoms with Crippen LogP contribution in [0.15, 0.2) is 22.5 Å². The van der Waals surface area contributed by atoms with Gasteiger partial charge in [0.25, 0.3) is 0 Å². The SMILES string of the molecule is COC1CCC2=C(C1)OC1CC(=O)CCC1C2C1=C(C(O)O)CC(C=O)CC1. The van der Waals surface area contributed by atoms with Gasteiger partial charge in [-0.15, -0.1) is 0 Å². The molecular weight excluding hydrogens is 360 g/mol. The third kappa shape index (κ3) is 3.58. The fourth-order valence-electron chi connectivity index (χ4n) is 5.72. The van der Waals surface area contributed by atoms with Gasteiger partial charge in [0, 0.05) is 44.1 Å². The zero-order valence-corrected chi connectivity index (χ0v) is 16.4. The molecule has 4 aliphatic rings. The van der Waals surface area contributed by atoms with Gasteiger partial charge >= 0.3 is 0 Å². The molecule has 1 fully saturated rings. The molecule has 0 aromatic heterocycles. The summed E-state index contributed by atoms with van der Waals surface area (Å²) in [5.41, 5.74) is 2.93. The smallest absolute Gasteiger partial charge is 0.174 e. The maximum Gasteiger partial charge on any atom is 0.174 e. The van der Waals surface area contributed by atoms with Crippen molar-refractivity contribution in [2.75, 3.05) is 7.11 Å². The van der Waals surface area contributed by atoms with E-state index in [4.69, 9.17) is 9.47 Å². The van der Waals surface area contributed by atoms with Crippen molar-refractivity contribution < 1.29 is 29.3 Å². The van der Waals surface area contributed by atoms with Crippen LogP contribution in [0.2, 0.25) is 0 Å². The number of hydrogen-bond acceptors (Lipinski definition) is 6. The Kier molecular flexibility index (Phi) is 5.72. The van der Waals surface area contributed by atoms with Crippen molar-refractivity contribution in [1.82, 2.24) is 0 Å². The Bertz CT molecular complexity index is 706. The second kappa shape index (κ2) is 8.09. The Hall–Kier alpha value is -1.50. The predicted molar refractivity (Wildman–Crippen MR) is 101 cm³/mol. The molecule has 5 atom stereocenters.